The maximum atomic E-state index is 12.4. The quantitative estimate of drug-likeness (QED) is 0.396. The lowest BCUT2D eigenvalue weighted by Crippen LogP contribution is -2.15. The number of aromatic nitrogens is 3. The number of amides is 1. The molecule has 0 radical (unpaired) electrons. The lowest BCUT2D eigenvalue weighted by molar-refractivity contribution is -0.113. The number of nitrogens with zero attached hydrogens (tertiary/aromatic N) is 3. The van der Waals surface area contributed by atoms with Gasteiger partial charge in [-0.1, -0.05) is 30.8 Å². The average molecular weight is 415 g/mol. The highest BCUT2D eigenvalue weighted by molar-refractivity contribution is 7.99. The molecule has 0 fully saturated rings. The predicted octanol–water partition coefficient (Wildman–Crippen LogP) is 4.18. The van der Waals surface area contributed by atoms with Crippen molar-refractivity contribution in [1.82, 2.24) is 14.8 Å². The van der Waals surface area contributed by atoms with E-state index in [1.54, 1.807) is 13.4 Å². The van der Waals surface area contributed by atoms with Gasteiger partial charge in [-0.2, -0.15) is 0 Å². The number of ether oxygens (including phenoxy) is 1. The maximum Gasteiger partial charge on any atom is 0.234 e. The van der Waals surface area contributed by atoms with Gasteiger partial charge in [0.05, 0.1) is 17.6 Å². The first-order valence-corrected chi connectivity index (χ1v) is 10.6. The topological polar surface area (TPSA) is 82.2 Å². The van der Waals surface area contributed by atoms with Crippen LogP contribution in [0.25, 0.3) is 11.4 Å². The number of benzene rings is 1. The van der Waals surface area contributed by atoms with Crippen LogP contribution in [0.2, 0.25) is 0 Å². The van der Waals surface area contributed by atoms with Crippen LogP contribution in [0.15, 0.2) is 46.2 Å². The zero-order chi connectivity index (χ0) is 20.6. The second kappa shape index (κ2) is 10.3. The molecule has 0 saturated heterocycles. The fraction of sp³-hybridized carbons (Fsp3) is 0.381. The minimum Gasteiger partial charge on any atom is -0.469 e. The number of anilines is 1. The molecule has 0 aliphatic rings. The Morgan fingerprint density at radius 1 is 1.24 bits per heavy atom. The zero-order valence-corrected chi connectivity index (χ0v) is 17.8. The van der Waals surface area contributed by atoms with E-state index in [0.717, 1.165) is 35.7 Å². The summed E-state index contributed by atoms with van der Waals surface area (Å²) < 4.78 is 12.6. The van der Waals surface area contributed by atoms with Crippen molar-refractivity contribution in [1.29, 1.82) is 0 Å². The Balaban J connectivity index is 1.68. The van der Waals surface area contributed by atoms with Crippen molar-refractivity contribution < 1.29 is 13.9 Å². The van der Waals surface area contributed by atoms with Crippen LogP contribution >= 0.6 is 11.8 Å². The Bertz CT molecular complexity index is 934. The molecule has 1 amide bonds. The molecule has 2 aromatic heterocycles. The van der Waals surface area contributed by atoms with E-state index in [0.29, 0.717) is 18.3 Å². The van der Waals surface area contributed by atoms with Crippen LogP contribution in [0.5, 0.6) is 0 Å². The molecule has 8 heteroatoms. The molecule has 0 unspecified atom stereocenters. The van der Waals surface area contributed by atoms with E-state index in [-0.39, 0.29) is 11.7 Å². The van der Waals surface area contributed by atoms with Gasteiger partial charge in [-0.25, -0.2) is 0 Å². The fourth-order valence-electron chi connectivity index (χ4n) is 2.93. The van der Waals surface area contributed by atoms with Crippen LogP contribution in [0.4, 0.5) is 5.69 Å². The Kier molecular flexibility index (Phi) is 7.48. The predicted molar refractivity (Wildman–Crippen MR) is 114 cm³/mol. The SMILES string of the molecule is CCc1ccc(NC(=O)CSc2nnc(-c3ccoc3C)n2CCCOC)cc1. The van der Waals surface area contributed by atoms with Crippen LogP contribution in [-0.4, -0.2) is 40.1 Å². The van der Waals surface area contributed by atoms with Crippen molar-refractivity contribution in [3.05, 3.63) is 47.9 Å². The van der Waals surface area contributed by atoms with Crippen LogP contribution in [0, 0.1) is 6.92 Å². The van der Waals surface area contributed by atoms with Crippen LogP contribution in [0.1, 0.15) is 24.7 Å². The van der Waals surface area contributed by atoms with Gasteiger partial charge in [0, 0.05) is 25.9 Å². The third-order valence-corrected chi connectivity index (χ3v) is 5.49. The second-order valence-electron chi connectivity index (χ2n) is 6.58. The summed E-state index contributed by atoms with van der Waals surface area (Å²) >= 11 is 1.37. The second-order valence-corrected chi connectivity index (χ2v) is 7.52. The van der Waals surface area contributed by atoms with Gasteiger partial charge >= 0.3 is 0 Å². The van der Waals surface area contributed by atoms with E-state index in [9.17, 15) is 4.79 Å². The van der Waals surface area contributed by atoms with Crippen molar-refractivity contribution in [2.45, 2.75) is 38.4 Å². The highest BCUT2D eigenvalue weighted by atomic mass is 32.2. The van der Waals surface area contributed by atoms with Gasteiger partial charge in [0.1, 0.15) is 5.76 Å². The van der Waals surface area contributed by atoms with Crippen LogP contribution in [0.3, 0.4) is 0 Å². The molecule has 0 atom stereocenters. The molecule has 2 heterocycles. The number of thioether (sulfide) groups is 1. The highest BCUT2D eigenvalue weighted by Crippen LogP contribution is 2.27. The number of hydrogen-bond donors (Lipinski definition) is 1. The third-order valence-electron chi connectivity index (χ3n) is 4.53. The minimum atomic E-state index is -0.0771. The summed E-state index contributed by atoms with van der Waals surface area (Å²) in [6.07, 6.45) is 3.44. The van der Waals surface area contributed by atoms with E-state index in [4.69, 9.17) is 9.15 Å². The molecule has 7 nitrogen and oxygen atoms in total. The summed E-state index contributed by atoms with van der Waals surface area (Å²) in [5.74, 6) is 1.70. The van der Waals surface area contributed by atoms with Gasteiger partial charge in [-0.15, -0.1) is 10.2 Å². The maximum absolute atomic E-state index is 12.4. The lowest BCUT2D eigenvalue weighted by atomic mass is 10.1. The Hall–Kier alpha value is -2.58. The van der Waals surface area contributed by atoms with Crippen molar-refractivity contribution in [3.63, 3.8) is 0 Å². The highest BCUT2D eigenvalue weighted by Gasteiger charge is 2.18. The van der Waals surface area contributed by atoms with Crippen LogP contribution in [-0.2, 0) is 22.5 Å². The van der Waals surface area contributed by atoms with E-state index in [2.05, 4.69) is 22.4 Å². The molecule has 1 N–H and O–H groups in total. The van der Waals surface area contributed by atoms with E-state index >= 15 is 0 Å². The van der Waals surface area contributed by atoms with Gasteiger partial charge in [0.15, 0.2) is 11.0 Å². The number of rotatable bonds is 10. The molecule has 0 spiro atoms. The summed E-state index contributed by atoms with van der Waals surface area (Å²) in [6.45, 7) is 5.34. The van der Waals surface area contributed by atoms with Crippen molar-refractivity contribution in [3.8, 4) is 11.4 Å². The number of furan rings is 1. The molecule has 0 saturated carbocycles. The first kappa shape index (κ1) is 21.1. The summed E-state index contributed by atoms with van der Waals surface area (Å²) in [6, 6.07) is 9.78. The lowest BCUT2D eigenvalue weighted by Gasteiger charge is -2.10. The van der Waals surface area contributed by atoms with Crippen molar-refractivity contribution in [2.24, 2.45) is 0 Å². The van der Waals surface area contributed by atoms with Gasteiger partial charge < -0.3 is 19.0 Å². The average Bonchev–Trinajstić information content (AvgIpc) is 3.33. The molecule has 3 rings (SSSR count). The van der Waals surface area contributed by atoms with Gasteiger partial charge in [-0.05, 0) is 43.5 Å². The van der Waals surface area contributed by atoms with E-state index in [1.807, 2.05) is 41.8 Å². The number of hydrogen-bond acceptors (Lipinski definition) is 6. The molecular formula is C21H26N4O3S. The molecule has 154 valence electrons. The third kappa shape index (κ3) is 5.48. The number of carbonyl (C=O) groups excluding carboxylic acids is 1. The van der Waals surface area contributed by atoms with Gasteiger partial charge in [0.25, 0.3) is 0 Å². The molecule has 1 aromatic carbocycles. The molecule has 3 aromatic rings. The van der Waals surface area contributed by atoms with Crippen molar-refractivity contribution >= 4 is 23.4 Å². The molecule has 0 aliphatic heterocycles. The first-order valence-electron chi connectivity index (χ1n) is 9.60. The molecule has 0 aliphatic carbocycles. The Labute approximate surface area is 174 Å². The smallest absolute Gasteiger partial charge is 0.234 e. The molecule has 0 bridgehead atoms. The molecule has 29 heavy (non-hydrogen) atoms. The number of aryl methyl sites for hydroxylation is 2. The monoisotopic (exact) mass is 414 g/mol. The van der Waals surface area contributed by atoms with Gasteiger partial charge in [-0.3, -0.25) is 4.79 Å². The summed E-state index contributed by atoms with van der Waals surface area (Å²) in [5, 5.41) is 12.3. The van der Waals surface area contributed by atoms with E-state index < -0.39 is 0 Å². The largest absolute Gasteiger partial charge is 0.469 e. The van der Waals surface area contributed by atoms with Crippen molar-refractivity contribution in [2.75, 3.05) is 24.8 Å². The van der Waals surface area contributed by atoms with E-state index in [1.165, 1.54) is 17.3 Å². The van der Waals surface area contributed by atoms with Gasteiger partial charge in [0.2, 0.25) is 5.91 Å². The number of methoxy groups -OCH3 is 1. The zero-order valence-electron chi connectivity index (χ0n) is 17.0. The Morgan fingerprint density at radius 2 is 2.03 bits per heavy atom. The number of carbonyl (C=O) groups is 1. The molecular weight excluding hydrogens is 388 g/mol. The minimum absolute atomic E-state index is 0.0771. The fourth-order valence-corrected chi connectivity index (χ4v) is 3.70. The Morgan fingerprint density at radius 3 is 2.69 bits per heavy atom. The summed E-state index contributed by atoms with van der Waals surface area (Å²) in [5.41, 5.74) is 2.94. The first-order chi connectivity index (χ1) is 14.1. The summed E-state index contributed by atoms with van der Waals surface area (Å²) in [7, 11) is 1.68. The normalized spacial score (nSPS) is 11.0. The summed E-state index contributed by atoms with van der Waals surface area (Å²) in [4.78, 5) is 12.4. The standard InChI is InChI=1S/C21H26N4O3S/c1-4-16-6-8-17(9-7-16)22-19(26)14-29-21-24-23-20(18-10-13-28-15(18)2)25(21)11-5-12-27-3/h6-10,13H,4-5,11-12,14H2,1-3H3,(H,22,26). The van der Waals surface area contributed by atoms with Crippen LogP contribution < -0.4 is 5.32 Å². The number of nitrogens with one attached hydrogen (secondary N) is 1.